The highest BCUT2D eigenvalue weighted by molar-refractivity contribution is 7.80. The summed E-state index contributed by atoms with van der Waals surface area (Å²) in [7, 11) is 0. The fourth-order valence-electron chi connectivity index (χ4n) is 2.48. The molecule has 0 amide bonds. The van der Waals surface area contributed by atoms with Crippen molar-refractivity contribution >= 4 is 33.9 Å². The van der Waals surface area contributed by atoms with Gasteiger partial charge in [0.25, 0.3) is 0 Å². The lowest BCUT2D eigenvalue weighted by Gasteiger charge is -2.11. The number of rotatable bonds is 4. The molecule has 0 aliphatic rings. The van der Waals surface area contributed by atoms with E-state index in [0.717, 1.165) is 24.3 Å². The molecular weight excluding hydrogens is 302 g/mol. The second kappa shape index (κ2) is 7.20. The van der Waals surface area contributed by atoms with E-state index in [2.05, 4.69) is 58.1 Å². The molecule has 2 aromatic carbocycles. The first-order chi connectivity index (χ1) is 11.2. The smallest absolute Gasteiger partial charge is 0.171 e. The van der Waals surface area contributed by atoms with Crippen molar-refractivity contribution in [3.63, 3.8) is 0 Å². The van der Waals surface area contributed by atoms with Crippen LogP contribution >= 0.6 is 12.2 Å². The van der Waals surface area contributed by atoms with Crippen molar-refractivity contribution < 1.29 is 0 Å². The minimum absolute atomic E-state index is 0.604. The number of aryl methyl sites for hydroxylation is 1. The van der Waals surface area contributed by atoms with E-state index in [1.54, 1.807) is 6.20 Å². The molecule has 23 heavy (non-hydrogen) atoms. The van der Waals surface area contributed by atoms with E-state index >= 15 is 0 Å². The van der Waals surface area contributed by atoms with Gasteiger partial charge >= 0.3 is 0 Å². The lowest BCUT2D eigenvalue weighted by atomic mass is 10.1. The van der Waals surface area contributed by atoms with Crippen LogP contribution in [0.2, 0.25) is 0 Å². The number of fused-ring (bicyclic) bond motifs is 1. The molecule has 0 atom stereocenters. The Kier molecular flexibility index (Phi) is 4.83. The number of aromatic nitrogens is 1. The molecule has 0 radical (unpaired) electrons. The van der Waals surface area contributed by atoms with Crippen LogP contribution < -0.4 is 10.6 Å². The van der Waals surface area contributed by atoms with Crippen molar-refractivity contribution in [1.29, 1.82) is 0 Å². The maximum atomic E-state index is 5.33. The highest BCUT2D eigenvalue weighted by Gasteiger charge is 2.02. The summed E-state index contributed by atoms with van der Waals surface area (Å²) in [5.74, 6) is 0.802. The highest BCUT2D eigenvalue weighted by atomic mass is 32.1. The van der Waals surface area contributed by atoms with Crippen LogP contribution in [0.3, 0.4) is 0 Å². The molecule has 3 nitrogen and oxygen atoms in total. The SMILES string of the molecule is Cc1cccnc1NC(=S)NCCc1ccc2ccccc2c1. The number of thiocarbonyl (C=S) groups is 1. The minimum Gasteiger partial charge on any atom is -0.362 e. The molecule has 3 rings (SSSR count). The van der Waals surface area contributed by atoms with E-state index < -0.39 is 0 Å². The maximum Gasteiger partial charge on any atom is 0.171 e. The first-order valence-electron chi connectivity index (χ1n) is 7.66. The van der Waals surface area contributed by atoms with E-state index in [1.807, 2.05) is 19.1 Å². The first-order valence-corrected chi connectivity index (χ1v) is 8.07. The monoisotopic (exact) mass is 321 g/mol. The second-order valence-corrected chi connectivity index (χ2v) is 5.89. The standard InChI is InChI=1S/C19H19N3S/c1-14-5-4-11-20-18(14)22-19(23)21-12-10-15-8-9-16-6-2-3-7-17(16)13-15/h2-9,11,13H,10,12H2,1H3,(H2,20,21,22,23). The third-order valence-corrected chi connectivity index (χ3v) is 4.00. The van der Waals surface area contributed by atoms with Gasteiger partial charge in [-0.05, 0) is 53.5 Å². The van der Waals surface area contributed by atoms with E-state index in [0.29, 0.717) is 5.11 Å². The lowest BCUT2D eigenvalue weighted by molar-refractivity contribution is 0.874. The average Bonchev–Trinajstić information content (AvgIpc) is 2.57. The molecule has 0 fully saturated rings. The fraction of sp³-hybridized carbons (Fsp3) is 0.158. The van der Waals surface area contributed by atoms with Crippen LogP contribution in [0.4, 0.5) is 5.82 Å². The van der Waals surface area contributed by atoms with Gasteiger partial charge in [0.05, 0.1) is 0 Å². The Bertz CT molecular complexity index is 829. The van der Waals surface area contributed by atoms with Gasteiger partial charge in [-0.15, -0.1) is 0 Å². The summed E-state index contributed by atoms with van der Waals surface area (Å²) in [6, 6.07) is 18.9. The zero-order chi connectivity index (χ0) is 16.1. The van der Waals surface area contributed by atoms with E-state index in [1.165, 1.54) is 16.3 Å². The van der Waals surface area contributed by atoms with Gasteiger partial charge in [0.2, 0.25) is 0 Å². The van der Waals surface area contributed by atoms with Gasteiger partial charge in [0.1, 0.15) is 5.82 Å². The third kappa shape index (κ3) is 4.05. The van der Waals surface area contributed by atoms with Crippen LogP contribution in [-0.4, -0.2) is 16.6 Å². The van der Waals surface area contributed by atoms with Crippen molar-refractivity contribution in [2.75, 3.05) is 11.9 Å². The average molecular weight is 321 g/mol. The van der Waals surface area contributed by atoms with Crippen LogP contribution in [0.25, 0.3) is 10.8 Å². The summed E-state index contributed by atoms with van der Waals surface area (Å²) in [5, 5.41) is 9.52. The second-order valence-electron chi connectivity index (χ2n) is 5.48. The van der Waals surface area contributed by atoms with Crippen LogP contribution in [0.5, 0.6) is 0 Å². The quantitative estimate of drug-likeness (QED) is 0.710. The van der Waals surface area contributed by atoms with Gasteiger partial charge in [0.15, 0.2) is 5.11 Å². The Hall–Kier alpha value is -2.46. The molecule has 0 spiro atoms. The van der Waals surface area contributed by atoms with Crippen molar-refractivity contribution in [3.8, 4) is 0 Å². The van der Waals surface area contributed by atoms with Gasteiger partial charge < -0.3 is 10.6 Å². The van der Waals surface area contributed by atoms with Crippen molar-refractivity contribution in [1.82, 2.24) is 10.3 Å². The Morgan fingerprint density at radius 2 is 1.87 bits per heavy atom. The minimum atomic E-state index is 0.604. The molecular formula is C19H19N3S. The van der Waals surface area contributed by atoms with Crippen LogP contribution in [-0.2, 0) is 6.42 Å². The molecule has 0 aliphatic heterocycles. The Morgan fingerprint density at radius 3 is 2.70 bits per heavy atom. The zero-order valence-electron chi connectivity index (χ0n) is 13.0. The van der Waals surface area contributed by atoms with E-state index in [-0.39, 0.29) is 0 Å². The topological polar surface area (TPSA) is 37.0 Å². The Morgan fingerprint density at radius 1 is 1.04 bits per heavy atom. The molecule has 0 saturated heterocycles. The molecule has 4 heteroatoms. The van der Waals surface area contributed by atoms with Crippen molar-refractivity contribution in [2.24, 2.45) is 0 Å². The molecule has 116 valence electrons. The number of nitrogens with one attached hydrogen (secondary N) is 2. The number of hydrogen-bond donors (Lipinski definition) is 2. The van der Waals surface area contributed by atoms with Crippen LogP contribution in [0.1, 0.15) is 11.1 Å². The molecule has 1 heterocycles. The summed E-state index contributed by atoms with van der Waals surface area (Å²) in [5.41, 5.74) is 2.37. The molecule has 0 aliphatic carbocycles. The van der Waals surface area contributed by atoms with Crippen LogP contribution in [0, 0.1) is 6.92 Å². The molecule has 0 bridgehead atoms. The molecule has 2 N–H and O–H groups in total. The largest absolute Gasteiger partial charge is 0.362 e. The predicted molar refractivity (Wildman–Crippen MR) is 101 cm³/mol. The van der Waals surface area contributed by atoms with Gasteiger partial charge in [-0.25, -0.2) is 4.98 Å². The Labute approximate surface area is 141 Å². The first kappa shape index (κ1) is 15.4. The number of anilines is 1. The third-order valence-electron chi connectivity index (χ3n) is 3.75. The molecule has 0 unspecified atom stereocenters. The molecule has 3 aromatic rings. The van der Waals surface area contributed by atoms with Crippen molar-refractivity contribution in [3.05, 3.63) is 71.9 Å². The van der Waals surface area contributed by atoms with Gasteiger partial charge in [-0.1, -0.05) is 48.5 Å². The number of nitrogens with zero attached hydrogens (tertiary/aromatic N) is 1. The summed E-state index contributed by atoms with van der Waals surface area (Å²) in [6.45, 7) is 2.79. The van der Waals surface area contributed by atoms with Crippen molar-refractivity contribution in [2.45, 2.75) is 13.3 Å². The number of pyridine rings is 1. The molecule has 0 saturated carbocycles. The zero-order valence-corrected chi connectivity index (χ0v) is 13.9. The fourth-order valence-corrected chi connectivity index (χ4v) is 2.68. The van der Waals surface area contributed by atoms with Gasteiger partial charge in [-0.2, -0.15) is 0 Å². The van der Waals surface area contributed by atoms with Gasteiger partial charge in [0, 0.05) is 12.7 Å². The summed E-state index contributed by atoms with van der Waals surface area (Å²) < 4.78 is 0. The van der Waals surface area contributed by atoms with E-state index in [9.17, 15) is 0 Å². The maximum absolute atomic E-state index is 5.33. The normalized spacial score (nSPS) is 10.5. The van der Waals surface area contributed by atoms with Gasteiger partial charge in [-0.3, -0.25) is 0 Å². The lowest BCUT2D eigenvalue weighted by Crippen LogP contribution is -2.30. The number of benzene rings is 2. The van der Waals surface area contributed by atoms with E-state index in [4.69, 9.17) is 12.2 Å². The molecule has 1 aromatic heterocycles. The predicted octanol–water partition coefficient (Wildman–Crippen LogP) is 4.07. The van der Waals surface area contributed by atoms with Crippen LogP contribution in [0.15, 0.2) is 60.8 Å². The number of hydrogen-bond acceptors (Lipinski definition) is 2. The summed E-state index contributed by atoms with van der Waals surface area (Å²) in [4.78, 5) is 4.28. The summed E-state index contributed by atoms with van der Waals surface area (Å²) >= 11 is 5.33. The summed E-state index contributed by atoms with van der Waals surface area (Å²) in [6.07, 6.45) is 2.68. The Balaban J connectivity index is 1.54. The highest BCUT2D eigenvalue weighted by Crippen LogP contribution is 2.15.